The second-order valence-corrected chi connectivity index (χ2v) is 5.98. The third-order valence-electron chi connectivity index (χ3n) is 3.09. The van der Waals surface area contributed by atoms with E-state index in [1.165, 1.54) is 18.4 Å². The third-order valence-corrected chi connectivity index (χ3v) is 4.00. The Balaban J connectivity index is 1.75. The van der Waals surface area contributed by atoms with Gasteiger partial charge in [-0.3, -0.25) is 9.59 Å². The minimum absolute atomic E-state index is 0.122. The molecule has 2 amide bonds. The highest BCUT2D eigenvalue weighted by atomic mass is 35.5. The smallest absolute Gasteiger partial charge is 0.252 e. The predicted molar refractivity (Wildman–Crippen MR) is 92.5 cm³/mol. The van der Waals surface area contributed by atoms with Crippen LogP contribution in [-0.4, -0.2) is 25.5 Å². The number of carbonyl (C=O) groups is 2. The maximum atomic E-state index is 11.9. The average molecular weight is 353 g/mol. The molecule has 0 radical (unpaired) electrons. The molecule has 1 aromatic heterocycles. The van der Waals surface area contributed by atoms with Gasteiger partial charge in [-0.1, -0.05) is 11.6 Å². The van der Waals surface area contributed by atoms with Crippen LogP contribution in [0.25, 0.3) is 0 Å². The molecule has 0 saturated heterocycles. The van der Waals surface area contributed by atoms with E-state index in [-0.39, 0.29) is 11.8 Å². The van der Waals surface area contributed by atoms with Crippen LogP contribution in [0.2, 0.25) is 5.02 Å². The zero-order valence-electron chi connectivity index (χ0n) is 12.6. The van der Waals surface area contributed by atoms with Crippen molar-refractivity contribution in [3.8, 4) is 5.75 Å². The van der Waals surface area contributed by atoms with Crippen molar-refractivity contribution in [2.24, 2.45) is 0 Å². The molecule has 0 aliphatic heterocycles. The Bertz CT molecular complexity index is 674. The molecule has 23 heavy (non-hydrogen) atoms. The zero-order chi connectivity index (χ0) is 16.7. The van der Waals surface area contributed by atoms with Crippen LogP contribution >= 0.6 is 22.9 Å². The molecule has 5 nitrogen and oxygen atoms in total. The molecule has 2 N–H and O–H groups in total. The lowest BCUT2D eigenvalue weighted by Gasteiger charge is -2.10. The first kappa shape index (κ1) is 17.3. The number of anilines is 1. The first-order chi connectivity index (χ1) is 11.1. The number of hydrogen-bond donors (Lipinski definition) is 2. The summed E-state index contributed by atoms with van der Waals surface area (Å²) >= 11 is 7.38. The van der Waals surface area contributed by atoms with E-state index in [9.17, 15) is 9.59 Å². The van der Waals surface area contributed by atoms with Crippen LogP contribution in [0.4, 0.5) is 5.69 Å². The molecule has 0 bridgehead atoms. The average Bonchev–Trinajstić information content (AvgIpc) is 3.06. The molecule has 0 unspecified atom stereocenters. The molecule has 0 fully saturated rings. The highest BCUT2D eigenvalue weighted by Gasteiger charge is 2.09. The number of thiophene rings is 1. The Hall–Kier alpha value is -2.05. The van der Waals surface area contributed by atoms with Gasteiger partial charge in [0, 0.05) is 28.9 Å². The Morgan fingerprint density at radius 1 is 1.30 bits per heavy atom. The van der Waals surface area contributed by atoms with Crippen LogP contribution in [0, 0.1) is 0 Å². The largest absolute Gasteiger partial charge is 0.495 e. The summed E-state index contributed by atoms with van der Waals surface area (Å²) < 4.78 is 5.17. The molecule has 0 saturated carbocycles. The van der Waals surface area contributed by atoms with E-state index in [2.05, 4.69) is 10.6 Å². The molecule has 1 heterocycles. The number of ether oxygens (including phenoxy) is 1. The van der Waals surface area contributed by atoms with Crippen molar-refractivity contribution in [2.45, 2.75) is 12.8 Å². The second kappa shape index (κ2) is 8.55. The topological polar surface area (TPSA) is 67.4 Å². The van der Waals surface area contributed by atoms with E-state index in [0.717, 1.165) is 0 Å². The lowest BCUT2D eigenvalue weighted by molar-refractivity contribution is -0.116. The first-order valence-corrected chi connectivity index (χ1v) is 8.36. The number of methoxy groups -OCH3 is 1. The van der Waals surface area contributed by atoms with Crippen molar-refractivity contribution >= 4 is 40.4 Å². The maximum absolute atomic E-state index is 11.9. The molecular formula is C16H17ClN2O3S. The van der Waals surface area contributed by atoms with Gasteiger partial charge in [0.05, 0.1) is 12.8 Å². The van der Waals surface area contributed by atoms with Gasteiger partial charge in [0.1, 0.15) is 5.75 Å². The molecule has 0 spiro atoms. The summed E-state index contributed by atoms with van der Waals surface area (Å²) in [4.78, 5) is 23.7. The number of benzene rings is 1. The fourth-order valence-corrected chi connectivity index (χ4v) is 2.75. The summed E-state index contributed by atoms with van der Waals surface area (Å²) in [6, 6.07) is 6.78. The van der Waals surface area contributed by atoms with Gasteiger partial charge in [0.2, 0.25) is 5.91 Å². The van der Waals surface area contributed by atoms with Gasteiger partial charge in [0.15, 0.2) is 0 Å². The van der Waals surface area contributed by atoms with E-state index in [1.807, 2.05) is 5.38 Å². The van der Waals surface area contributed by atoms with E-state index >= 15 is 0 Å². The third kappa shape index (κ3) is 5.26. The van der Waals surface area contributed by atoms with Gasteiger partial charge in [-0.05, 0) is 36.1 Å². The van der Waals surface area contributed by atoms with Crippen molar-refractivity contribution < 1.29 is 14.3 Å². The van der Waals surface area contributed by atoms with Gasteiger partial charge in [-0.15, -0.1) is 0 Å². The van der Waals surface area contributed by atoms with E-state index in [4.69, 9.17) is 16.3 Å². The SMILES string of the molecule is COc1ccc(Cl)cc1NC(=O)CCCNC(=O)c1ccsc1. The van der Waals surface area contributed by atoms with Crippen LogP contribution < -0.4 is 15.4 Å². The molecule has 2 rings (SSSR count). The van der Waals surface area contributed by atoms with Gasteiger partial charge >= 0.3 is 0 Å². The van der Waals surface area contributed by atoms with Crippen molar-refractivity contribution in [2.75, 3.05) is 19.0 Å². The number of halogens is 1. The quantitative estimate of drug-likeness (QED) is 0.749. The van der Waals surface area contributed by atoms with Crippen LogP contribution in [0.5, 0.6) is 5.75 Å². The number of amides is 2. The Morgan fingerprint density at radius 2 is 2.13 bits per heavy atom. The van der Waals surface area contributed by atoms with Gasteiger partial charge in [-0.2, -0.15) is 11.3 Å². The zero-order valence-corrected chi connectivity index (χ0v) is 14.2. The Morgan fingerprint density at radius 3 is 2.83 bits per heavy atom. The summed E-state index contributed by atoms with van der Waals surface area (Å²) in [7, 11) is 1.53. The Labute approximate surface area is 143 Å². The Kier molecular flexibility index (Phi) is 6.43. The highest BCUT2D eigenvalue weighted by Crippen LogP contribution is 2.27. The lowest BCUT2D eigenvalue weighted by Crippen LogP contribution is -2.25. The van der Waals surface area contributed by atoms with Crippen LogP contribution in [0.3, 0.4) is 0 Å². The van der Waals surface area contributed by atoms with E-state index in [0.29, 0.717) is 41.4 Å². The van der Waals surface area contributed by atoms with Crippen molar-refractivity contribution in [3.63, 3.8) is 0 Å². The van der Waals surface area contributed by atoms with Gasteiger partial charge < -0.3 is 15.4 Å². The minimum Gasteiger partial charge on any atom is -0.495 e. The van der Waals surface area contributed by atoms with Gasteiger partial charge in [-0.25, -0.2) is 0 Å². The molecule has 1 aromatic carbocycles. The molecule has 122 valence electrons. The minimum atomic E-state index is -0.157. The highest BCUT2D eigenvalue weighted by molar-refractivity contribution is 7.08. The normalized spacial score (nSPS) is 10.2. The summed E-state index contributed by atoms with van der Waals surface area (Å²) in [6.45, 7) is 0.439. The predicted octanol–water partition coefficient (Wildman–Crippen LogP) is 3.56. The molecule has 0 aliphatic rings. The number of hydrogen-bond acceptors (Lipinski definition) is 4. The van der Waals surface area contributed by atoms with Crippen LogP contribution in [0.15, 0.2) is 35.0 Å². The first-order valence-electron chi connectivity index (χ1n) is 7.04. The second-order valence-electron chi connectivity index (χ2n) is 4.76. The number of rotatable bonds is 7. The summed E-state index contributed by atoms with van der Waals surface area (Å²) in [6.07, 6.45) is 0.837. The molecule has 0 atom stereocenters. The van der Waals surface area contributed by atoms with Crippen LogP contribution in [0.1, 0.15) is 23.2 Å². The molecule has 2 aromatic rings. The fraction of sp³-hybridized carbons (Fsp3) is 0.250. The standard InChI is InChI=1S/C16H17ClN2O3S/c1-22-14-5-4-12(17)9-13(14)19-15(20)3-2-7-18-16(21)11-6-8-23-10-11/h4-6,8-10H,2-3,7H2,1H3,(H,18,21)(H,19,20). The number of carbonyl (C=O) groups excluding carboxylic acids is 2. The maximum Gasteiger partial charge on any atom is 0.252 e. The summed E-state index contributed by atoms with van der Waals surface area (Å²) in [5, 5.41) is 9.69. The molecular weight excluding hydrogens is 336 g/mol. The summed E-state index contributed by atoms with van der Waals surface area (Å²) in [5.74, 6) is 0.270. The van der Waals surface area contributed by atoms with E-state index < -0.39 is 0 Å². The monoisotopic (exact) mass is 352 g/mol. The van der Waals surface area contributed by atoms with Crippen molar-refractivity contribution in [3.05, 3.63) is 45.6 Å². The van der Waals surface area contributed by atoms with Crippen LogP contribution in [-0.2, 0) is 4.79 Å². The van der Waals surface area contributed by atoms with Crippen molar-refractivity contribution in [1.29, 1.82) is 0 Å². The van der Waals surface area contributed by atoms with E-state index in [1.54, 1.807) is 29.6 Å². The van der Waals surface area contributed by atoms with Gasteiger partial charge in [0.25, 0.3) is 5.91 Å². The summed E-state index contributed by atoms with van der Waals surface area (Å²) in [5.41, 5.74) is 1.18. The lowest BCUT2D eigenvalue weighted by atomic mass is 10.2. The number of nitrogens with one attached hydrogen (secondary N) is 2. The fourth-order valence-electron chi connectivity index (χ4n) is 1.94. The molecule has 0 aliphatic carbocycles. The van der Waals surface area contributed by atoms with Crippen molar-refractivity contribution in [1.82, 2.24) is 5.32 Å². The molecule has 7 heteroatoms.